The molecule has 0 aliphatic heterocycles. The van der Waals surface area contributed by atoms with Gasteiger partial charge in [0.05, 0.1) is 5.69 Å². The van der Waals surface area contributed by atoms with Crippen LogP contribution >= 0.6 is 0 Å². The predicted molar refractivity (Wildman–Crippen MR) is 58.5 cm³/mol. The summed E-state index contributed by atoms with van der Waals surface area (Å²) in [5, 5.41) is 2.57. The van der Waals surface area contributed by atoms with Gasteiger partial charge in [0.15, 0.2) is 5.82 Å². The van der Waals surface area contributed by atoms with Gasteiger partial charge in [-0.1, -0.05) is 24.3 Å². The zero-order chi connectivity index (χ0) is 11.3. The van der Waals surface area contributed by atoms with Crippen LogP contribution in [0.5, 0.6) is 0 Å². The fourth-order valence-corrected chi connectivity index (χ4v) is 1.09. The molecule has 0 unspecified atom stereocenters. The highest BCUT2D eigenvalue weighted by atomic mass is 19.1. The Morgan fingerprint density at radius 3 is 3.00 bits per heavy atom. The summed E-state index contributed by atoms with van der Waals surface area (Å²) in [6.45, 7) is 1.80. The smallest absolute Gasteiger partial charge is 0.217 e. The average Bonchev–Trinajstić information content (AvgIpc) is 2.18. The van der Waals surface area contributed by atoms with Gasteiger partial charge in [-0.05, 0) is 6.07 Å². The molecule has 15 heavy (non-hydrogen) atoms. The van der Waals surface area contributed by atoms with Gasteiger partial charge in [0.1, 0.15) is 0 Å². The van der Waals surface area contributed by atoms with E-state index in [1.54, 1.807) is 24.3 Å². The number of hydrogen-bond donors (Lipinski definition) is 2. The molecule has 0 aliphatic carbocycles. The second-order valence-electron chi connectivity index (χ2n) is 3.09. The fourth-order valence-electron chi connectivity index (χ4n) is 1.09. The summed E-state index contributed by atoms with van der Waals surface area (Å²) in [5.74, 6) is -0.552. The third kappa shape index (κ3) is 3.42. The number of rotatable bonds is 3. The molecule has 0 atom stereocenters. The largest absolute Gasteiger partial charge is 0.396 e. The molecule has 0 saturated heterocycles. The van der Waals surface area contributed by atoms with Crippen molar-refractivity contribution in [1.82, 2.24) is 5.32 Å². The molecule has 3 nitrogen and oxygen atoms in total. The van der Waals surface area contributed by atoms with Crippen molar-refractivity contribution in [2.75, 3.05) is 12.3 Å². The SMILES string of the molecule is CC(=O)NCC=Cc1cccc(N)c1F. The first-order valence-corrected chi connectivity index (χ1v) is 4.56. The molecule has 0 heterocycles. The quantitative estimate of drug-likeness (QED) is 0.740. The van der Waals surface area contributed by atoms with E-state index in [4.69, 9.17) is 5.73 Å². The summed E-state index contributed by atoms with van der Waals surface area (Å²) in [7, 11) is 0. The third-order valence-electron chi connectivity index (χ3n) is 1.82. The summed E-state index contributed by atoms with van der Waals surface area (Å²) >= 11 is 0. The molecule has 0 bridgehead atoms. The second kappa shape index (κ2) is 5.14. The van der Waals surface area contributed by atoms with E-state index in [1.807, 2.05) is 0 Å². The molecule has 1 aromatic carbocycles. The maximum Gasteiger partial charge on any atom is 0.217 e. The zero-order valence-corrected chi connectivity index (χ0v) is 8.46. The Hall–Kier alpha value is -1.84. The van der Waals surface area contributed by atoms with Crippen LogP contribution in [-0.2, 0) is 4.79 Å². The zero-order valence-electron chi connectivity index (χ0n) is 8.46. The van der Waals surface area contributed by atoms with Crippen molar-refractivity contribution in [2.24, 2.45) is 0 Å². The Kier molecular flexibility index (Phi) is 3.85. The standard InChI is InChI=1S/C11H13FN2O/c1-8(15)14-7-3-5-9-4-2-6-10(13)11(9)12/h2-6H,7,13H2,1H3,(H,14,15). The lowest BCUT2D eigenvalue weighted by Crippen LogP contribution is -2.19. The van der Waals surface area contributed by atoms with Crippen LogP contribution in [0.3, 0.4) is 0 Å². The van der Waals surface area contributed by atoms with E-state index < -0.39 is 5.82 Å². The van der Waals surface area contributed by atoms with E-state index in [2.05, 4.69) is 5.32 Å². The molecule has 0 spiro atoms. The number of halogens is 1. The van der Waals surface area contributed by atoms with Crippen molar-refractivity contribution in [3.05, 3.63) is 35.7 Å². The molecule has 0 aliphatic rings. The maximum atomic E-state index is 13.3. The topological polar surface area (TPSA) is 55.1 Å². The summed E-state index contributed by atoms with van der Waals surface area (Å²) in [5.41, 5.74) is 5.93. The molecule has 0 saturated carbocycles. The third-order valence-corrected chi connectivity index (χ3v) is 1.82. The maximum absolute atomic E-state index is 13.3. The number of anilines is 1. The molecule has 0 fully saturated rings. The lowest BCUT2D eigenvalue weighted by atomic mass is 10.1. The Labute approximate surface area is 87.8 Å². The summed E-state index contributed by atoms with van der Waals surface area (Å²) in [4.78, 5) is 10.5. The number of amides is 1. The molecule has 0 aromatic heterocycles. The van der Waals surface area contributed by atoms with Crippen LogP contribution in [0, 0.1) is 5.82 Å². The molecule has 1 rings (SSSR count). The monoisotopic (exact) mass is 208 g/mol. The number of nitrogen functional groups attached to an aromatic ring is 1. The van der Waals surface area contributed by atoms with Crippen LogP contribution in [0.2, 0.25) is 0 Å². The van der Waals surface area contributed by atoms with Crippen molar-refractivity contribution in [3.8, 4) is 0 Å². The van der Waals surface area contributed by atoms with Gasteiger partial charge < -0.3 is 11.1 Å². The second-order valence-corrected chi connectivity index (χ2v) is 3.09. The normalized spacial score (nSPS) is 10.5. The van der Waals surface area contributed by atoms with Gasteiger partial charge in [-0.25, -0.2) is 4.39 Å². The van der Waals surface area contributed by atoms with Gasteiger partial charge in [-0.2, -0.15) is 0 Å². The fraction of sp³-hybridized carbons (Fsp3) is 0.182. The highest BCUT2D eigenvalue weighted by Gasteiger charge is 2.00. The Morgan fingerprint density at radius 1 is 1.60 bits per heavy atom. The average molecular weight is 208 g/mol. The number of benzene rings is 1. The van der Waals surface area contributed by atoms with Crippen LogP contribution in [0.1, 0.15) is 12.5 Å². The van der Waals surface area contributed by atoms with Crippen LogP contribution in [0.4, 0.5) is 10.1 Å². The number of hydrogen-bond acceptors (Lipinski definition) is 2. The van der Waals surface area contributed by atoms with Crippen molar-refractivity contribution in [1.29, 1.82) is 0 Å². The van der Waals surface area contributed by atoms with Gasteiger partial charge in [-0.3, -0.25) is 4.79 Å². The molecule has 4 heteroatoms. The van der Waals surface area contributed by atoms with Gasteiger partial charge >= 0.3 is 0 Å². The van der Waals surface area contributed by atoms with E-state index in [0.29, 0.717) is 12.1 Å². The van der Waals surface area contributed by atoms with Crippen molar-refractivity contribution in [3.63, 3.8) is 0 Å². The summed E-state index contributed by atoms with van der Waals surface area (Å²) < 4.78 is 13.3. The number of nitrogens with two attached hydrogens (primary N) is 1. The molecular weight excluding hydrogens is 195 g/mol. The molecule has 80 valence electrons. The van der Waals surface area contributed by atoms with Crippen molar-refractivity contribution in [2.45, 2.75) is 6.92 Å². The molecule has 1 amide bonds. The minimum atomic E-state index is -0.434. The minimum Gasteiger partial charge on any atom is -0.396 e. The molecular formula is C11H13FN2O. The Balaban J connectivity index is 2.64. The van der Waals surface area contributed by atoms with Crippen LogP contribution in [-0.4, -0.2) is 12.5 Å². The Bertz CT molecular complexity index is 388. The van der Waals surface area contributed by atoms with Gasteiger partial charge in [0.25, 0.3) is 0 Å². The van der Waals surface area contributed by atoms with Gasteiger partial charge in [0, 0.05) is 19.0 Å². The summed E-state index contributed by atoms with van der Waals surface area (Å²) in [6, 6.07) is 4.80. The first-order chi connectivity index (χ1) is 7.11. The van der Waals surface area contributed by atoms with Crippen LogP contribution in [0.15, 0.2) is 24.3 Å². The van der Waals surface area contributed by atoms with Crippen LogP contribution < -0.4 is 11.1 Å². The highest BCUT2D eigenvalue weighted by Crippen LogP contribution is 2.15. The van der Waals surface area contributed by atoms with Crippen molar-refractivity contribution < 1.29 is 9.18 Å². The minimum absolute atomic E-state index is 0.118. The number of carbonyl (C=O) groups excluding carboxylic acids is 1. The molecule has 0 radical (unpaired) electrons. The Morgan fingerprint density at radius 2 is 2.33 bits per heavy atom. The van der Waals surface area contributed by atoms with Gasteiger partial charge in [-0.15, -0.1) is 0 Å². The van der Waals surface area contributed by atoms with E-state index in [-0.39, 0.29) is 11.6 Å². The predicted octanol–water partition coefficient (Wildman–Crippen LogP) is 1.56. The van der Waals surface area contributed by atoms with Crippen LogP contribution in [0.25, 0.3) is 6.08 Å². The van der Waals surface area contributed by atoms with E-state index in [0.717, 1.165) is 0 Å². The molecule has 3 N–H and O–H groups in total. The van der Waals surface area contributed by atoms with E-state index in [1.165, 1.54) is 13.0 Å². The first-order valence-electron chi connectivity index (χ1n) is 4.56. The first kappa shape index (κ1) is 11.2. The van der Waals surface area contributed by atoms with E-state index >= 15 is 0 Å². The number of nitrogens with one attached hydrogen (secondary N) is 1. The van der Waals surface area contributed by atoms with E-state index in [9.17, 15) is 9.18 Å². The van der Waals surface area contributed by atoms with Crippen molar-refractivity contribution >= 4 is 17.7 Å². The molecule has 1 aromatic rings. The highest BCUT2D eigenvalue weighted by molar-refractivity contribution is 5.73. The van der Waals surface area contributed by atoms with Gasteiger partial charge in [0.2, 0.25) is 5.91 Å². The summed E-state index contributed by atoms with van der Waals surface area (Å²) in [6.07, 6.45) is 3.25. The lowest BCUT2D eigenvalue weighted by Gasteiger charge is -2.00. The number of carbonyl (C=O) groups is 1. The lowest BCUT2D eigenvalue weighted by molar-refractivity contribution is -0.118.